The minimum absolute atomic E-state index is 0.0401. The van der Waals surface area contributed by atoms with Crippen LogP contribution in [0.25, 0.3) is 10.9 Å². The first-order chi connectivity index (χ1) is 13.7. The van der Waals surface area contributed by atoms with E-state index >= 15 is 0 Å². The standard InChI is InChI=1S/C23H26FN3O/c24-20-10-4-11-21-19(20)17-22(25-21)23(28)27-14-6-13-26(15-16-27)12-5-9-18-7-2-1-3-8-18/h1-4,7-8,10-11,17,25H,5-6,9,12-16H2. The number of benzene rings is 2. The van der Waals surface area contributed by atoms with Gasteiger partial charge in [0, 0.05) is 30.5 Å². The Kier molecular flexibility index (Phi) is 5.72. The lowest BCUT2D eigenvalue weighted by Crippen LogP contribution is -2.35. The first-order valence-corrected chi connectivity index (χ1v) is 10.0. The van der Waals surface area contributed by atoms with Crippen LogP contribution in [-0.4, -0.2) is 53.4 Å². The molecule has 0 radical (unpaired) electrons. The average Bonchev–Trinajstić information content (AvgIpc) is 3.02. The SMILES string of the molecule is O=C(c1cc2c(F)cccc2[nH]1)N1CCCN(CCCc2ccccc2)CC1. The van der Waals surface area contributed by atoms with Gasteiger partial charge in [0.05, 0.1) is 0 Å². The van der Waals surface area contributed by atoms with Crippen molar-refractivity contribution in [3.8, 4) is 0 Å². The number of carbonyl (C=O) groups excluding carboxylic acids is 1. The van der Waals surface area contributed by atoms with E-state index in [2.05, 4.69) is 34.1 Å². The smallest absolute Gasteiger partial charge is 0.270 e. The predicted molar refractivity (Wildman–Crippen MR) is 110 cm³/mol. The van der Waals surface area contributed by atoms with E-state index < -0.39 is 0 Å². The molecule has 4 nitrogen and oxygen atoms in total. The van der Waals surface area contributed by atoms with Crippen molar-refractivity contribution >= 4 is 16.8 Å². The van der Waals surface area contributed by atoms with Crippen LogP contribution in [0.5, 0.6) is 0 Å². The van der Waals surface area contributed by atoms with E-state index in [0.717, 1.165) is 45.4 Å². The van der Waals surface area contributed by atoms with Gasteiger partial charge in [0.25, 0.3) is 5.91 Å². The molecule has 1 aliphatic rings. The Morgan fingerprint density at radius 2 is 1.86 bits per heavy atom. The molecule has 5 heteroatoms. The summed E-state index contributed by atoms with van der Waals surface area (Å²) >= 11 is 0. The number of rotatable bonds is 5. The van der Waals surface area contributed by atoms with Crippen molar-refractivity contribution < 1.29 is 9.18 Å². The lowest BCUT2D eigenvalue weighted by Gasteiger charge is -2.21. The van der Waals surface area contributed by atoms with E-state index in [1.807, 2.05) is 11.0 Å². The average molecular weight is 379 g/mol. The van der Waals surface area contributed by atoms with Crippen molar-refractivity contribution in [2.45, 2.75) is 19.3 Å². The summed E-state index contributed by atoms with van der Waals surface area (Å²) in [6.45, 7) is 4.40. The molecule has 1 fully saturated rings. The predicted octanol–water partition coefficient (Wildman–Crippen LogP) is 4.09. The fourth-order valence-electron chi connectivity index (χ4n) is 3.95. The Labute approximate surface area is 165 Å². The number of H-pyrrole nitrogens is 1. The molecule has 1 aliphatic heterocycles. The van der Waals surface area contributed by atoms with Crippen molar-refractivity contribution in [3.05, 3.63) is 71.7 Å². The lowest BCUT2D eigenvalue weighted by atomic mass is 10.1. The van der Waals surface area contributed by atoms with Gasteiger partial charge in [-0.25, -0.2) is 4.39 Å². The van der Waals surface area contributed by atoms with Gasteiger partial charge in [-0.15, -0.1) is 0 Å². The Bertz CT molecular complexity index is 937. The monoisotopic (exact) mass is 379 g/mol. The molecule has 1 amide bonds. The zero-order chi connectivity index (χ0) is 19.3. The third-order valence-electron chi connectivity index (χ3n) is 5.50. The highest BCUT2D eigenvalue weighted by Gasteiger charge is 2.22. The van der Waals surface area contributed by atoms with Crippen LogP contribution in [0.2, 0.25) is 0 Å². The van der Waals surface area contributed by atoms with Crippen molar-refractivity contribution in [2.24, 2.45) is 0 Å². The summed E-state index contributed by atoms with van der Waals surface area (Å²) in [4.78, 5) is 20.3. The van der Waals surface area contributed by atoms with E-state index in [0.29, 0.717) is 23.1 Å². The molecular weight excluding hydrogens is 353 g/mol. The zero-order valence-electron chi connectivity index (χ0n) is 16.0. The molecule has 0 atom stereocenters. The van der Waals surface area contributed by atoms with Gasteiger partial charge >= 0.3 is 0 Å². The van der Waals surface area contributed by atoms with Crippen LogP contribution in [0.15, 0.2) is 54.6 Å². The van der Waals surface area contributed by atoms with Gasteiger partial charge in [-0.2, -0.15) is 0 Å². The second-order valence-corrected chi connectivity index (χ2v) is 7.46. The quantitative estimate of drug-likeness (QED) is 0.725. The van der Waals surface area contributed by atoms with Crippen LogP contribution >= 0.6 is 0 Å². The van der Waals surface area contributed by atoms with E-state index in [9.17, 15) is 9.18 Å². The number of hydrogen-bond donors (Lipinski definition) is 1. The van der Waals surface area contributed by atoms with Gasteiger partial charge in [-0.1, -0.05) is 36.4 Å². The summed E-state index contributed by atoms with van der Waals surface area (Å²) in [6, 6.07) is 17.1. The van der Waals surface area contributed by atoms with Crippen molar-refractivity contribution in [3.63, 3.8) is 0 Å². The van der Waals surface area contributed by atoms with Crippen LogP contribution in [0.1, 0.15) is 28.9 Å². The third-order valence-corrected chi connectivity index (χ3v) is 5.50. The number of nitrogens with zero attached hydrogens (tertiary/aromatic N) is 2. The van der Waals surface area contributed by atoms with E-state index in [-0.39, 0.29) is 11.7 Å². The molecule has 146 valence electrons. The molecular formula is C23H26FN3O. The number of hydrogen-bond acceptors (Lipinski definition) is 2. The largest absolute Gasteiger partial charge is 0.350 e. The maximum absolute atomic E-state index is 13.9. The molecule has 0 unspecified atom stereocenters. The highest BCUT2D eigenvalue weighted by Crippen LogP contribution is 2.20. The number of aromatic nitrogens is 1. The Hall–Kier alpha value is -2.66. The second kappa shape index (κ2) is 8.57. The molecule has 1 N–H and O–H groups in total. The number of aromatic amines is 1. The van der Waals surface area contributed by atoms with Crippen LogP contribution in [0.3, 0.4) is 0 Å². The van der Waals surface area contributed by atoms with Gasteiger partial charge in [0.15, 0.2) is 0 Å². The van der Waals surface area contributed by atoms with Gasteiger partial charge in [-0.3, -0.25) is 4.79 Å². The van der Waals surface area contributed by atoms with Crippen LogP contribution < -0.4 is 0 Å². The number of halogens is 1. The maximum atomic E-state index is 13.9. The molecule has 1 saturated heterocycles. The molecule has 0 spiro atoms. The molecule has 4 rings (SSSR count). The van der Waals surface area contributed by atoms with Crippen LogP contribution in [0, 0.1) is 5.82 Å². The number of aryl methyl sites for hydroxylation is 1. The first kappa shape index (κ1) is 18.7. The van der Waals surface area contributed by atoms with Crippen molar-refractivity contribution in [1.82, 2.24) is 14.8 Å². The van der Waals surface area contributed by atoms with Gasteiger partial charge in [0.2, 0.25) is 0 Å². The highest BCUT2D eigenvalue weighted by atomic mass is 19.1. The van der Waals surface area contributed by atoms with E-state index in [4.69, 9.17) is 0 Å². The first-order valence-electron chi connectivity index (χ1n) is 10.0. The molecule has 0 saturated carbocycles. The third kappa shape index (κ3) is 4.25. The molecule has 2 aromatic carbocycles. The van der Waals surface area contributed by atoms with E-state index in [1.165, 1.54) is 11.6 Å². The number of fused-ring (bicyclic) bond motifs is 1. The summed E-state index contributed by atoms with van der Waals surface area (Å²) in [5, 5.41) is 0.475. The topological polar surface area (TPSA) is 39.3 Å². The van der Waals surface area contributed by atoms with Crippen molar-refractivity contribution in [2.75, 3.05) is 32.7 Å². The number of amides is 1. The second-order valence-electron chi connectivity index (χ2n) is 7.46. The van der Waals surface area contributed by atoms with Crippen molar-refractivity contribution in [1.29, 1.82) is 0 Å². The summed E-state index contributed by atoms with van der Waals surface area (Å²) < 4.78 is 13.9. The van der Waals surface area contributed by atoms with Crippen LogP contribution in [-0.2, 0) is 6.42 Å². The summed E-state index contributed by atoms with van der Waals surface area (Å²) in [5.41, 5.74) is 2.51. The normalized spacial score (nSPS) is 15.7. The number of nitrogens with one attached hydrogen (secondary N) is 1. The summed E-state index contributed by atoms with van der Waals surface area (Å²) in [7, 11) is 0. The molecule has 3 aromatic rings. The lowest BCUT2D eigenvalue weighted by molar-refractivity contribution is 0.0756. The summed E-state index contributed by atoms with van der Waals surface area (Å²) in [5.74, 6) is -0.338. The Balaban J connectivity index is 1.32. The fraction of sp³-hybridized carbons (Fsp3) is 0.348. The zero-order valence-corrected chi connectivity index (χ0v) is 16.0. The fourth-order valence-corrected chi connectivity index (χ4v) is 3.95. The number of carbonyl (C=O) groups is 1. The molecule has 28 heavy (non-hydrogen) atoms. The molecule has 0 bridgehead atoms. The minimum atomic E-state index is -0.298. The minimum Gasteiger partial charge on any atom is -0.350 e. The molecule has 1 aromatic heterocycles. The van der Waals surface area contributed by atoms with Gasteiger partial charge in [-0.05, 0) is 56.1 Å². The van der Waals surface area contributed by atoms with E-state index in [1.54, 1.807) is 18.2 Å². The maximum Gasteiger partial charge on any atom is 0.270 e. The van der Waals surface area contributed by atoms with Gasteiger partial charge in [0.1, 0.15) is 11.5 Å². The Morgan fingerprint density at radius 3 is 2.68 bits per heavy atom. The van der Waals surface area contributed by atoms with Gasteiger partial charge < -0.3 is 14.8 Å². The van der Waals surface area contributed by atoms with Crippen LogP contribution in [0.4, 0.5) is 4.39 Å². The summed E-state index contributed by atoms with van der Waals surface area (Å²) in [6.07, 6.45) is 3.17. The molecule has 2 heterocycles. The molecule has 0 aliphatic carbocycles. The Morgan fingerprint density at radius 1 is 1.00 bits per heavy atom. The highest BCUT2D eigenvalue weighted by molar-refractivity contribution is 5.98.